The van der Waals surface area contributed by atoms with Crippen LogP contribution in [-0.2, 0) is 6.54 Å². The van der Waals surface area contributed by atoms with Crippen molar-refractivity contribution in [2.45, 2.75) is 45.7 Å². The molecular formula is C22H23F2N5. The predicted molar refractivity (Wildman–Crippen MR) is 108 cm³/mol. The van der Waals surface area contributed by atoms with Gasteiger partial charge in [-0.3, -0.25) is 0 Å². The summed E-state index contributed by atoms with van der Waals surface area (Å²) in [6.07, 6.45) is 6.24. The molecule has 2 aromatic rings. The van der Waals surface area contributed by atoms with E-state index in [1.807, 2.05) is 6.92 Å². The Morgan fingerprint density at radius 2 is 1.90 bits per heavy atom. The highest BCUT2D eigenvalue weighted by Crippen LogP contribution is 2.44. The Morgan fingerprint density at radius 3 is 2.52 bits per heavy atom. The molecule has 2 aliphatic rings. The summed E-state index contributed by atoms with van der Waals surface area (Å²) >= 11 is 0. The first-order valence-electron chi connectivity index (χ1n) is 9.81. The first-order chi connectivity index (χ1) is 14.0. The number of nitrogens with zero attached hydrogens (tertiary/aromatic N) is 5. The minimum atomic E-state index is -0.820. The Morgan fingerprint density at radius 1 is 1.21 bits per heavy atom. The summed E-state index contributed by atoms with van der Waals surface area (Å²) in [6, 6.07) is 4.26. The van der Waals surface area contributed by atoms with Crippen LogP contribution in [0.4, 0.5) is 8.78 Å². The van der Waals surface area contributed by atoms with Gasteiger partial charge in [-0.1, -0.05) is 6.92 Å². The van der Waals surface area contributed by atoms with Crippen molar-refractivity contribution in [2.75, 3.05) is 0 Å². The minimum absolute atomic E-state index is 0.0877. The van der Waals surface area contributed by atoms with Crippen molar-refractivity contribution in [2.24, 2.45) is 15.9 Å². The van der Waals surface area contributed by atoms with Crippen molar-refractivity contribution < 1.29 is 8.78 Å². The molecular weight excluding hydrogens is 372 g/mol. The van der Waals surface area contributed by atoms with E-state index in [0.29, 0.717) is 24.1 Å². The van der Waals surface area contributed by atoms with Crippen LogP contribution >= 0.6 is 0 Å². The van der Waals surface area contributed by atoms with Crippen LogP contribution in [0.3, 0.4) is 0 Å². The van der Waals surface area contributed by atoms with Gasteiger partial charge < -0.3 is 4.90 Å². The van der Waals surface area contributed by atoms with Crippen molar-refractivity contribution in [1.82, 2.24) is 14.9 Å². The summed E-state index contributed by atoms with van der Waals surface area (Å²) in [5, 5.41) is 0. The third kappa shape index (κ3) is 3.69. The smallest absolute Gasteiger partial charge is 0.199 e. The zero-order valence-corrected chi connectivity index (χ0v) is 16.6. The molecule has 0 spiro atoms. The second-order valence-corrected chi connectivity index (χ2v) is 7.46. The molecule has 1 aromatic carbocycles. The lowest BCUT2D eigenvalue weighted by Crippen LogP contribution is -2.23. The average Bonchev–Trinajstić information content (AvgIpc) is 3.52. The third-order valence-electron chi connectivity index (χ3n) is 5.59. The van der Waals surface area contributed by atoms with Crippen LogP contribution in [0.1, 0.15) is 56.1 Å². The van der Waals surface area contributed by atoms with Crippen molar-refractivity contribution in [3.05, 3.63) is 70.6 Å². The molecule has 0 amide bonds. The minimum Gasteiger partial charge on any atom is -0.345 e. The highest BCUT2D eigenvalue weighted by atomic mass is 19.2. The van der Waals surface area contributed by atoms with E-state index in [1.165, 1.54) is 12.1 Å². The van der Waals surface area contributed by atoms with Crippen LogP contribution in [0.2, 0.25) is 0 Å². The molecule has 29 heavy (non-hydrogen) atoms. The number of hydrogen-bond acceptors (Lipinski definition) is 4. The van der Waals surface area contributed by atoms with E-state index in [9.17, 15) is 8.78 Å². The maximum atomic E-state index is 13.9. The van der Waals surface area contributed by atoms with Crippen LogP contribution in [-0.4, -0.2) is 27.4 Å². The number of hydrogen-bond donors (Lipinski definition) is 0. The Hall–Kier alpha value is -2.96. The van der Waals surface area contributed by atoms with E-state index in [4.69, 9.17) is 4.99 Å². The molecule has 0 radical (unpaired) electrons. The number of allylic oxidation sites excluding steroid dienone is 1. The molecule has 0 saturated heterocycles. The zero-order valence-electron chi connectivity index (χ0n) is 16.6. The van der Waals surface area contributed by atoms with Crippen LogP contribution in [0.5, 0.6) is 0 Å². The first-order valence-corrected chi connectivity index (χ1v) is 9.81. The molecule has 1 atom stereocenters. The van der Waals surface area contributed by atoms with Gasteiger partial charge in [-0.2, -0.15) is 0 Å². The number of halogens is 2. The summed E-state index contributed by atoms with van der Waals surface area (Å²) in [4.78, 5) is 19.5. The topological polar surface area (TPSA) is 53.7 Å². The summed E-state index contributed by atoms with van der Waals surface area (Å²) in [6.45, 7) is 8.21. The lowest BCUT2D eigenvalue weighted by Gasteiger charge is -2.28. The van der Waals surface area contributed by atoms with Crippen LogP contribution < -0.4 is 0 Å². The fraction of sp³-hybridized carbons (Fsp3) is 0.364. The Bertz CT molecular complexity index is 996. The van der Waals surface area contributed by atoms with Gasteiger partial charge in [0, 0.05) is 18.9 Å². The molecule has 2 heterocycles. The molecule has 4 rings (SSSR count). The third-order valence-corrected chi connectivity index (χ3v) is 5.59. The van der Waals surface area contributed by atoms with E-state index in [2.05, 4.69) is 33.5 Å². The first kappa shape index (κ1) is 19.4. The quantitative estimate of drug-likeness (QED) is 0.539. The highest BCUT2D eigenvalue weighted by Gasteiger charge is 2.35. The fourth-order valence-corrected chi connectivity index (χ4v) is 3.92. The molecule has 0 N–H and O–H groups in total. The van der Waals surface area contributed by atoms with Gasteiger partial charge in [-0.05, 0) is 73.7 Å². The lowest BCUT2D eigenvalue weighted by atomic mass is 10.0. The van der Waals surface area contributed by atoms with Gasteiger partial charge in [0.15, 0.2) is 23.3 Å². The molecule has 150 valence electrons. The van der Waals surface area contributed by atoms with Crippen molar-refractivity contribution in [1.29, 1.82) is 0 Å². The summed E-state index contributed by atoms with van der Waals surface area (Å²) < 4.78 is 27.8. The molecule has 1 fully saturated rings. The van der Waals surface area contributed by atoms with Crippen molar-refractivity contribution in [3.8, 4) is 0 Å². The van der Waals surface area contributed by atoms with Gasteiger partial charge in [-0.15, -0.1) is 0 Å². The van der Waals surface area contributed by atoms with Crippen molar-refractivity contribution >= 4 is 12.6 Å². The molecule has 1 saturated carbocycles. The van der Waals surface area contributed by atoms with Crippen LogP contribution in [0.15, 0.2) is 52.0 Å². The number of aromatic nitrogens is 2. The SMILES string of the molecule is C=N/C(=N\C(=C(/C)C1CC1)N1Cc2cc(F)c(F)cc2C1CC)c1ncccn1. The van der Waals surface area contributed by atoms with E-state index >= 15 is 0 Å². The average molecular weight is 395 g/mol. The molecule has 1 aliphatic heterocycles. The second kappa shape index (κ2) is 7.81. The summed E-state index contributed by atoms with van der Waals surface area (Å²) in [5.41, 5.74) is 2.75. The lowest BCUT2D eigenvalue weighted by molar-refractivity contribution is 0.265. The number of benzene rings is 1. The summed E-state index contributed by atoms with van der Waals surface area (Å²) in [5.74, 6) is 0.328. The van der Waals surface area contributed by atoms with Gasteiger partial charge >= 0.3 is 0 Å². The fourth-order valence-electron chi connectivity index (χ4n) is 3.92. The zero-order chi connectivity index (χ0) is 20.5. The normalized spacial score (nSPS) is 19.8. The van der Waals surface area contributed by atoms with Crippen LogP contribution in [0, 0.1) is 17.6 Å². The number of aliphatic imine (C=N–C) groups is 2. The molecule has 0 bridgehead atoms. The van der Waals surface area contributed by atoms with Crippen molar-refractivity contribution in [3.63, 3.8) is 0 Å². The number of rotatable bonds is 5. The molecule has 1 unspecified atom stereocenters. The Labute approximate surface area is 168 Å². The standard InChI is InChI=1S/C22H23F2N5/c1-4-19-16-11-18(24)17(23)10-15(16)12-29(19)22(13(2)14-6-7-14)28-20(25-3)21-26-8-5-9-27-21/h5,8-11,14,19H,3-4,6-7,12H2,1-2H3/b22-13-,28-20-. The van der Waals surface area contributed by atoms with Crippen LogP contribution in [0.25, 0.3) is 0 Å². The Kier molecular flexibility index (Phi) is 5.22. The molecule has 5 nitrogen and oxygen atoms in total. The van der Waals surface area contributed by atoms with Gasteiger partial charge in [0.2, 0.25) is 0 Å². The monoisotopic (exact) mass is 395 g/mol. The largest absolute Gasteiger partial charge is 0.345 e. The molecule has 1 aromatic heterocycles. The number of amidine groups is 1. The van der Waals surface area contributed by atoms with E-state index in [0.717, 1.165) is 41.8 Å². The molecule has 7 heteroatoms. The van der Waals surface area contributed by atoms with E-state index in [1.54, 1.807) is 18.5 Å². The van der Waals surface area contributed by atoms with Gasteiger partial charge in [0.25, 0.3) is 0 Å². The highest BCUT2D eigenvalue weighted by molar-refractivity contribution is 5.98. The maximum Gasteiger partial charge on any atom is 0.199 e. The van der Waals surface area contributed by atoms with E-state index in [-0.39, 0.29) is 6.04 Å². The van der Waals surface area contributed by atoms with Gasteiger partial charge in [-0.25, -0.2) is 28.7 Å². The second-order valence-electron chi connectivity index (χ2n) is 7.46. The van der Waals surface area contributed by atoms with E-state index < -0.39 is 11.6 Å². The van der Waals surface area contributed by atoms with Gasteiger partial charge in [0.1, 0.15) is 5.82 Å². The number of fused-ring (bicyclic) bond motifs is 1. The predicted octanol–water partition coefficient (Wildman–Crippen LogP) is 4.81. The summed E-state index contributed by atoms with van der Waals surface area (Å²) in [7, 11) is 0. The van der Waals surface area contributed by atoms with Gasteiger partial charge in [0.05, 0.1) is 6.04 Å². The molecule has 1 aliphatic carbocycles. The Balaban J connectivity index is 1.80. The maximum absolute atomic E-state index is 13.9.